The van der Waals surface area contributed by atoms with Gasteiger partial charge in [-0.15, -0.1) is 0 Å². The molecule has 0 aromatic heterocycles. The van der Waals surface area contributed by atoms with Crippen molar-refractivity contribution >= 4 is 17.3 Å². The molecule has 0 saturated carbocycles. The summed E-state index contributed by atoms with van der Waals surface area (Å²) >= 11 is 0. The number of hydrogen-bond acceptors (Lipinski definition) is 4. The highest BCUT2D eigenvalue weighted by Crippen LogP contribution is 2.28. The first-order valence-electron chi connectivity index (χ1n) is 6.06. The van der Waals surface area contributed by atoms with Crippen molar-refractivity contribution in [2.24, 2.45) is 0 Å². The van der Waals surface area contributed by atoms with Crippen LogP contribution in [0.5, 0.6) is 11.5 Å². The molecule has 104 valence electrons. The molecule has 5 nitrogen and oxygen atoms in total. The predicted octanol–water partition coefficient (Wildman–Crippen LogP) is 2.54. The van der Waals surface area contributed by atoms with Crippen molar-refractivity contribution in [1.29, 1.82) is 0 Å². The Labute approximate surface area is 117 Å². The first-order valence-corrected chi connectivity index (χ1v) is 6.06. The minimum atomic E-state index is -0.318. The van der Waals surface area contributed by atoms with Crippen LogP contribution < -0.4 is 15.8 Å². The molecule has 1 amide bonds. The van der Waals surface area contributed by atoms with E-state index in [0.29, 0.717) is 28.3 Å². The van der Waals surface area contributed by atoms with Crippen LogP contribution in [0.3, 0.4) is 0 Å². The van der Waals surface area contributed by atoms with E-state index in [-0.39, 0.29) is 11.7 Å². The van der Waals surface area contributed by atoms with E-state index in [1.54, 1.807) is 37.3 Å². The molecule has 0 unspecified atom stereocenters. The Balaban J connectivity index is 2.30. The van der Waals surface area contributed by atoms with Gasteiger partial charge in [0.05, 0.1) is 12.8 Å². The van der Waals surface area contributed by atoms with Crippen LogP contribution in [0.2, 0.25) is 0 Å². The number of ether oxygens (including phenoxy) is 1. The lowest BCUT2D eigenvalue weighted by atomic mass is 10.1. The van der Waals surface area contributed by atoms with Gasteiger partial charge in [0, 0.05) is 22.9 Å². The summed E-state index contributed by atoms with van der Waals surface area (Å²) in [5.74, 6) is 0.250. The SMILES string of the molecule is COc1cc(N)ccc1NC(=O)c1cccc(O)c1C. The number of nitrogens with one attached hydrogen (secondary N) is 1. The summed E-state index contributed by atoms with van der Waals surface area (Å²) in [6.07, 6.45) is 0. The molecule has 0 spiro atoms. The summed E-state index contributed by atoms with van der Waals surface area (Å²) in [5, 5.41) is 12.4. The van der Waals surface area contributed by atoms with E-state index in [1.807, 2.05) is 0 Å². The zero-order valence-corrected chi connectivity index (χ0v) is 11.3. The summed E-state index contributed by atoms with van der Waals surface area (Å²) in [7, 11) is 1.50. The van der Waals surface area contributed by atoms with Crippen LogP contribution in [0.1, 0.15) is 15.9 Å². The van der Waals surface area contributed by atoms with Crippen LogP contribution in [-0.4, -0.2) is 18.1 Å². The Morgan fingerprint density at radius 1 is 1.30 bits per heavy atom. The van der Waals surface area contributed by atoms with Crippen molar-refractivity contribution in [2.75, 3.05) is 18.2 Å². The Bertz CT molecular complexity index is 654. The minimum absolute atomic E-state index is 0.0851. The van der Waals surface area contributed by atoms with Gasteiger partial charge in [0.1, 0.15) is 11.5 Å². The van der Waals surface area contributed by atoms with Gasteiger partial charge in [-0.1, -0.05) is 6.07 Å². The van der Waals surface area contributed by atoms with Crippen molar-refractivity contribution < 1.29 is 14.6 Å². The molecule has 2 rings (SSSR count). The Morgan fingerprint density at radius 2 is 2.05 bits per heavy atom. The van der Waals surface area contributed by atoms with Crippen molar-refractivity contribution in [2.45, 2.75) is 6.92 Å². The molecule has 0 aliphatic rings. The molecule has 4 N–H and O–H groups in total. The van der Waals surface area contributed by atoms with Gasteiger partial charge in [-0.2, -0.15) is 0 Å². The molecule has 0 aliphatic carbocycles. The number of phenols is 1. The summed E-state index contributed by atoms with van der Waals surface area (Å²) in [6.45, 7) is 1.68. The number of carbonyl (C=O) groups is 1. The van der Waals surface area contributed by atoms with E-state index < -0.39 is 0 Å². The molecule has 0 heterocycles. The van der Waals surface area contributed by atoms with Gasteiger partial charge in [-0.05, 0) is 31.2 Å². The number of rotatable bonds is 3. The van der Waals surface area contributed by atoms with Gasteiger partial charge in [0.15, 0.2) is 0 Å². The van der Waals surface area contributed by atoms with Crippen molar-refractivity contribution in [3.05, 3.63) is 47.5 Å². The van der Waals surface area contributed by atoms with Gasteiger partial charge in [0.25, 0.3) is 5.91 Å². The molecular weight excluding hydrogens is 256 g/mol. The van der Waals surface area contributed by atoms with Gasteiger partial charge in [0.2, 0.25) is 0 Å². The lowest BCUT2D eigenvalue weighted by Crippen LogP contribution is -2.14. The summed E-state index contributed by atoms with van der Waals surface area (Å²) in [6, 6.07) is 9.78. The van der Waals surface area contributed by atoms with Crippen molar-refractivity contribution in [1.82, 2.24) is 0 Å². The number of amides is 1. The summed E-state index contributed by atoms with van der Waals surface area (Å²) in [5.41, 5.74) is 7.67. The number of hydrogen-bond donors (Lipinski definition) is 3. The molecule has 2 aromatic carbocycles. The van der Waals surface area contributed by atoms with E-state index in [1.165, 1.54) is 13.2 Å². The molecule has 0 saturated heterocycles. The molecule has 0 fully saturated rings. The Hall–Kier alpha value is -2.69. The first-order chi connectivity index (χ1) is 9.52. The molecule has 0 radical (unpaired) electrons. The number of anilines is 2. The largest absolute Gasteiger partial charge is 0.508 e. The molecule has 0 bridgehead atoms. The normalized spacial score (nSPS) is 10.1. The smallest absolute Gasteiger partial charge is 0.256 e. The maximum absolute atomic E-state index is 12.2. The van der Waals surface area contributed by atoms with Crippen LogP contribution in [0.15, 0.2) is 36.4 Å². The molecule has 0 aliphatic heterocycles. The Kier molecular flexibility index (Phi) is 3.79. The van der Waals surface area contributed by atoms with E-state index in [2.05, 4.69) is 5.32 Å². The second kappa shape index (κ2) is 5.52. The van der Waals surface area contributed by atoms with Crippen LogP contribution >= 0.6 is 0 Å². The average molecular weight is 272 g/mol. The zero-order chi connectivity index (χ0) is 14.7. The molecule has 2 aromatic rings. The van der Waals surface area contributed by atoms with Crippen LogP contribution in [0, 0.1) is 6.92 Å². The quantitative estimate of drug-likeness (QED) is 0.750. The fourth-order valence-electron chi connectivity index (χ4n) is 1.87. The van der Waals surface area contributed by atoms with Gasteiger partial charge in [-0.25, -0.2) is 0 Å². The second-order valence-electron chi connectivity index (χ2n) is 4.36. The van der Waals surface area contributed by atoms with Crippen molar-refractivity contribution in [3.8, 4) is 11.5 Å². The number of carbonyl (C=O) groups excluding carboxylic acids is 1. The number of nitrogens with two attached hydrogens (primary N) is 1. The third-order valence-corrected chi connectivity index (χ3v) is 3.02. The van der Waals surface area contributed by atoms with Gasteiger partial charge >= 0.3 is 0 Å². The summed E-state index contributed by atoms with van der Waals surface area (Å²) in [4.78, 5) is 12.2. The van der Waals surface area contributed by atoms with Gasteiger partial charge < -0.3 is 20.9 Å². The Morgan fingerprint density at radius 3 is 2.75 bits per heavy atom. The topological polar surface area (TPSA) is 84.6 Å². The van der Waals surface area contributed by atoms with Crippen molar-refractivity contribution in [3.63, 3.8) is 0 Å². The van der Waals surface area contributed by atoms with E-state index in [9.17, 15) is 9.90 Å². The molecule has 5 heteroatoms. The zero-order valence-electron chi connectivity index (χ0n) is 11.3. The first kappa shape index (κ1) is 13.7. The molecular formula is C15H16N2O3. The lowest BCUT2D eigenvalue weighted by Gasteiger charge is -2.12. The lowest BCUT2D eigenvalue weighted by molar-refractivity contribution is 0.102. The van der Waals surface area contributed by atoms with E-state index >= 15 is 0 Å². The van der Waals surface area contributed by atoms with Crippen LogP contribution in [0.25, 0.3) is 0 Å². The standard InChI is InChI=1S/C15H16N2O3/c1-9-11(4-3-5-13(9)18)15(19)17-12-7-6-10(16)8-14(12)20-2/h3-8,18H,16H2,1-2H3,(H,17,19). The number of benzene rings is 2. The third-order valence-electron chi connectivity index (χ3n) is 3.02. The molecule has 0 atom stereocenters. The number of nitrogen functional groups attached to an aromatic ring is 1. The molecule has 20 heavy (non-hydrogen) atoms. The maximum atomic E-state index is 12.2. The predicted molar refractivity (Wildman–Crippen MR) is 78.2 cm³/mol. The second-order valence-corrected chi connectivity index (χ2v) is 4.36. The monoisotopic (exact) mass is 272 g/mol. The van der Waals surface area contributed by atoms with E-state index in [0.717, 1.165) is 0 Å². The van der Waals surface area contributed by atoms with Crippen LogP contribution in [0.4, 0.5) is 11.4 Å². The average Bonchev–Trinajstić information content (AvgIpc) is 2.43. The summed E-state index contributed by atoms with van der Waals surface area (Å²) < 4.78 is 5.17. The number of methoxy groups -OCH3 is 1. The number of phenolic OH excluding ortho intramolecular Hbond substituents is 1. The van der Waals surface area contributed by atoms with Gasteiger partial charge in [-0.3, -0.25) is 4.79 Å². The highest BCUT2D eigenvalue weighted by molar-refractivity contribution is 6.06. The maximum Gasteiger partial charge on any atom is 0.256 e. The number of aromatic hydroxyl groups is 1. The third kappa shape index (κ3) is 2.66. The van der Waals surface area contributed by atoms with E-state index in [4.69, 9.17) is 10.5 Å². The highest BCUT2D eigenvalue weighted by atomic mass is 16.5. The highest BCUT2D eigenvalue weighted by Gasteiger charge is 2.13. The fraction of sp³-hybridized carbons (Fsp3) is 0.133. The fourth-order valence-corrected chi connectivity index (χ4v) is 1.87. The van der Waals surface area contributed by atoms with Crippen LogP contribution in [-0.2, 0) is 0 Å². The minimum Gasteiger partial charge on any atom is -0.508 e.